The Morgan fingerprint density at radius 1 is 1.25 bits per heavy atom. The highest BCUT2D eigenvalue weighted by atomic mass is 16.6. The van der Waals surface area contributed by atoms with Crippen molar-refractivity contribution in [1.82, 2.24) is 10.2 Å². The summed E-state index contributed by atoms with van der Waals surface area (Å²) < 4.78 is 11.1. The van der Waals surface area contributed by atoms with Crippen LogP contribution in [0.25, 0.3) is 11.5 Å². The second-order valence-corrected chi connectivity index (χ2v) is 5.57. The van der Waals surface area contributed by atoms with Crippen molar-refractivity contribution in [3.05, 3.63) is 64.4 Å². The third-order valence-electron chi connectivity index (χ3n) is 3.91. The molecule has 2 aromatic heterocycles. The second-order valence-electron chi connectivity index (χ2n) is 5.57. The number of nitro groups is 1. The monoisotopic (exact) mass is 329 g/mol. The van der Waals surface area contributed by atoms with Crippen LogP contribution in [0.5, 0.6) is 0 Å². The quantitative estimate of drug-likeness (QED) is 0.548. The molecule has 0 radical (unpaired) electrons. The first-order valence-corrected chi connectivity index (χ1v) is 7.47. The fourth-order valence-electron chi connectivity index (χ4n) is 2.30. The van der Waals surface area contributed by atoms with Crippen LogP contribution in [0.3, 0.4) is 0 Å². The molecule has 1 aromatic carbocycles. The molecule has 0 bridgehead atoms. The molecule has 0 spiro atoms. The van der Waals surface area contributed by atoms with Gasteiger partial charge in [-0.05, 0) is 31.2 Å². The molecule has 0 saturated carbocycles. The first kappa shape index (κ1) is 15.9. The highest BCUT2D eigenvalue weighted by molar-refractivity contribution is 5.55. The van der Waals surface area contributed by atoms with Gasteiger partial charge in [0.15, 0.2) is 11.8 Å². The standard InChI is InChI=1S/C16H16N4O4/c1-11(19(2)10-14-4-3-9-23-14)15-17-18-16(24-15)12-5-7-13(8-6-12)20(21)22/h3-9,11H,10H2,1-2H3/p+1/t11-/m0/s1. The summed E-state index contributed by atoms with van der Waals surface area (Å²) in [7, 11) is 2.02. The lowest BCUT2D eigenvalue weighted by atomic mass is 10.2. The lowest BCUT2D eigenvalue weighted by molar-refractivity contribution is -0.926. The van der Waals surface area contributed by atoms with Gasteiger partial charge in [-0.2, -0.15) is 0 Å². The van der Waals surface area contributed by atoms with Crippen LogP contribution in [0.2, 0.25) is 0 Å². The average Bonchev–Trinajstić information content (AvgIpc) is 3.26. The van der Waals surface area contributed by atoms with Gasteiger partial charge in [0.25, 0.3) is 11.6 Å². The predicted molar refractivity (Wildman–Crippen MR) is 84.1 cm³/mol. The molecule has 2 atom stereocenters. The van der Waals surface area contributed by atoms with Crippen molar-refractivity contribution in [2.24, 2.45) is 0 Å². The van der Waals surface area contributed by atoms with E-state index in [0.29, 0.717) is 23.9 Å². The van der Waals surface area contributed by atoms with Gasteiger partial charge in [-0.1, -0.05) is 0 Å². The average molecular weight is 329 g/mol. The summed E-state index contributed by atoms with van der Waals surface area (Å²) in [6.45, 7) is 2.69. The number of nitrogens with one attached hydrogen (secondary N) is 1. The van der Waals surface area contributed by atoms with E-state index < -0.39 is 4.92 Å². The number of nitro benzene ring substituents is 1. The van der Waals surface area contributed by atoms with E-state index in [4.69, 9.17) is 8.83 Å². The first-order valence-electron chi connectivity index (χ1n) is 7.47. The Balaban J connectivity index is 1.73. The summed E-state index contributed by atoms with van der Waals surface area (Å²) in [5.41, 5.74) is 0.671. The Labute approximate surface area is 137 Å². The normalized spacial score (nSPS) is 13.6. The van der Waals surface area contributed by atoms with Crippen LogP contribution in [0.1, 0.15) is 24.6 Å². The van der Waals surface area contributed by atoms with E-state index in [0.717, 1.165) is 10.7 Å². The van der Waals surface area contributed by atoms with Crippen LogP contribution in [-0.4, -0.2) is 22.2 Å². The van der Waals surface area contributed by atoms with Gasteiger partial charge in [0.05, 0.1) is 18.2 Å². The molecule has 1 N–H and O–H groups in total. The van der Waals surface area contributed by atoms with Crippen LogP contribution in [0.4, 0.5) is 5.69 Å². The van der Waals surface area contributed by atoms with Crippen molar-refractivity contribution >= 4 is 5.69 Å². The summed E-state index contributed by atoms with van der Waals surface area (Å²) in [6, 6.07) is 9.78. The molecule has 0 aliphatic rings. The molecule has 3 rings (SSSR count). The maximum absolute atomic E-state index is 10.7. The number of benzene rings is 1. The van der Waals surface area contributed by atoms with Crippen molar-refractivity contribution < 1.29 is 18.7 Å². The summed E-state index contributed by atoms with van der Waals surface area (Å²) in [4.78, 5) is 11.4. The molecule has 0 amide bonds. The third-order valence-corrected chi connectivity index (χ3v) is 3.91. The van der Waals surface area contributed by atoms with Gasteiger partial charge in [-0.15, -0.1) is 10.2 Å². The Hall–Kier alpha value is -3.00. The topological polar surface area (TPSA) is 99.6 Å². The minimum absolute atomic E-state index is 0.0191. The van der Waals surface area contributed by atoms with Crippen molar-refractivity contribution in [1.29, 1.82) is 0 Å². The van der Waals surface area contributed by atoms with E-state index in [2.05, 4.69) is 10.2 Å². The van der Waals surface area contributed by atoms with E-state index in [1.54, 1.807) is 18.4 Å². The Morgan fingerprint density at radius 2 is 2.00 bits per heavy atom. The molecule has 24 heavy (non-hydrogen) atoms. The fourth-order valence-corrected chi connectivity index (χ4v) is 2.30. The minimum Gasteiger partial charge on any atom is -0.463 e. The zero-order chi connectivity index (χ0) is 17.1. The van der Waals surface area contributed by atoms with Gasteiger partial charge in [-0.3, -0.25) is 10.1 Å². The van der Waals surface area contributed by atoms with Crippen LogP contribution in [0.15, 0.2) is 51.5 Å². The van der Waals surface area contributed by atoms with Gasteiger partial charge in [0, 0.05) is 17.7 Å². The van der Waals surface area contributed by atoms with E-state index in [9.17, 15) is 10.1 Å². The number of hydrogen-bond acceptors (Lipinski definition) is 6. The fraction of sp³-hybridized carbons (Fsp3) is 0.250. The van der Waals surface area contributed by atoms with Crippen molar-refractivity contribution in [3.63, 3.8) is 0 Å². The van der Waals surface area contributed by atoms with Gasteiger partial charge in [-0.25, -0.2) is 0 Å². The summed E-state index contributed by atoms with van der Waals surface area (Å²) in [5, 5.41) is 18.8. The molecule has 8 heteroatoms. The number of aromatic nitrogens is 2. The summed E-state index contributed by atoms with van der Waals surface area (Å²) >= 11 is 0. The highest BCUT2D eigenvalue weighted by Crippen LogP contribution is 2.22. The number of furan rings is 1. The minimum atomic E-state index is -0.446. The molecule has 0 fully saturated rings. The molecular weight excluding hydrogens is 312 g/mol. The van der Waals surface area contributed by atoms with Crippen molar-refractivity contribution in [2.75, 3.05) is 7.05 Å². The van der Waals surface area contributed by atoms with Crippen LogP contribution < -0.4 is 4.90 Å². The molecule has 124 valence electrons. The van der Waals surface area contributed by atoms with Gasteiger partial charge in [0.2, 0.25) is 5.89 Å². The second kappa shape index (κ2) is 6.63. The van der Waals surface area contributed by atoms with Gasteiger partial charge >= 0.3 is 0 Å². The van der Waals surface area contributed by atoms with Crippen LogP contribution in [-0.2, 0) is 6.54 Å². The Kier molecular flexibility index (Phi) is 4.39. The van der Waals surface area contributed by atoms with Crippen molar-refractivity contribution in [3.8, 4) is 11.5 Å². The summed E-state index contributed by atoms with van der Waals surface area (Å²) in [6.07, 6.45) is 1.65. The van der Waals surface area contributed by atoms with Gasteiger partial charge < -0.3 is 13.7 Å². The smallest absolute Gasteiger partial charge is 0.274 e. The highest BCUT2D eigenvalue weighted by Gasteiger charge is 2.23. The lowest BCUT2D eigenvalue weighted by Gasteiger charge is -2.17. The Morgan fingerprint density at radius 3 is 2.62 bits per heavy atom. The number of nitrogens with zero attached hydrogens (tertiary/aromatic N) is 3. The van der Waals surface area contributed by atoms with Crippen LogP contribution >= 0.6 is 0 Å². The van der Waals surface area contributed by atoms with E-state index in [-0.39, 0.29) is 11.7 Å². The summed E-state index contributed by atoms with van der Waals surface area (Å²) in [5.74, 6) is 1.74. The molecule has 2 heterocycles. The molecule has 0 aliphatic heterocycles. The Bertz CT molecular complexity index is 811. The molecular formula is C16H17N4O4+. The zero-order valence-electron chi connectivity index (χ0n) is 13.3. The number of rotatable bonds is 6. The maximum Gasteiger partial charge on any atom is 0.274 e. The molecule has 1 unspecified atom stereocenters. The predicted octanol–water partition coefficient (Wildman–Crippen LogP) is 2.01. The SMILES string of the molecule is C[C@@H](c1nnc(-c2ccc([N+](=O)[O-])cc2)o1)[NH+](C)Cc1ccco1. The first-order chi connectivity index (χ1) is 11.5. The molecule has 8 nitrogen and oxygen atoms in total. The third kappa shape index (κ3) is 3.33. The van der Waals surface area contributed by atoms with E-state index >= 15 is 0 Å². The lowest BCUT2D eigenvalue weighted by Crippen LogP contribution is -3.07. The molecule has 0 aliphatic carbocycles. The van der Waals surface area contributed by atoms with Crippen LogP contribution in [0, 0.1) is 10.1 Å². The van der Waals surface area contributed by atoms with E-state index in [1.807, 2.05) is 26.1 Å². The van der Waals surface area contributed by atoms with E-state index in [1.165, 1.54) is 12.1 Å². The number of non-ortho nitro benzene ring substituents is 1. The van der Waals surface area contributed by atoms with Gasteiger partial charge in [0.1, 0.15) is 6.54 Å². The maximum atomic E-state index is 10.7. The molecule has 0 saturated heterocycles. The molecule has 3 aromatic rings. The number of hydrogen-bond donors (Lipinski definition) is 1. The zero-order valence-corrected chi connectivity index (χ0v) is 13.3. The number of quaternary nitrogens is 1. The largest absolute Gasteiger partial charge is 0.463 e. The van der Waals surface area contributed by atoms with Crippen molar-refractivity contribution in [2.45, 2.75) is 19.5 Å².